The first kappa shape index (κ1) is 32.6. The largest absolute Gasteiger partial charge is 0.393 e. The van der Waals surface area contributed by atoms with Gasteiger partial charge in [0, 0.05) is 61.1 Å². The predicted molar refractivity (Wildman–Crippen MR) is 173 cm³/mol. The van der Waals surface area contributed by atoms with Gasteiger partial charge in [-0.1, -0.05) is 6.07 Å². The van der Waals surface area contributed by atoms with Crippen molar-refractivity contribution in [1.82, 2.24) is 23.7 Å². The monoisotopic (exact) mass is 674 g/mol. The fourth-order valence-corrected chi connectivity index (χ4v) is 8.51. The lowest BCUT2D eigenvalue weighted by Gasteiger charge is -2.33. The van der Waals surface area contributed by atoms with Crippen LogP contribution in [-0.4, -0.2) is 70.6 Å². The topological polar surface area (TPSA) is 133 Å². The average Bonchev–Trinajstić information content (AvgIpc) is 3.58. The summed E-state index contributed by atoms with van der Waals surface area (Å²) >= 11 is 1.06. The van der Waals surface area contributed by atoms with Crippen LogP contribution in [-0.2, 0) is 29.7 Å². The van der Waals surface area contributed by atoms with Crippen LogP contribution in [0.15, 0.2) is 30.6 Å². The molecule has 2 aliphatic rings. The SMILES string of the molecule is Cc1c(CN2CCC(Nc3ncnc4sc(CC(F)(F)F)cc34)CC2)ccc2c1cc(C#N)n2CCC1CCN(S(N)(=O)=O)CC1. The Hall–Kier alpha value is -3.29. The van der Waals surface area contributed by atoms with Gasteiger partial charge in [0.05, 0.1) is 11.8 Å². The molecule has 2 aliphatic heterocycles. The second-order valence-corrected chi connectivity index (χ2v) is 15.1. The lowest BCUT2D eigenvalue weighted by atomic mass is 9.94. The van der Waals surface area contributed by atoms with Crippen LogP contribution in [0.2, 0.25) is 0 Å². The van der Waals surface area contributed by atoms with Crippen LogP contribution >= 0.6 is 11.3 Å². The van der Waals surface area contributed by atoms with Gasteiger partial charge >= 0.3 is 6.18 Å². The van der Waals surface area contributed by atoms with E-state index in [4.69, 9.17) is 5.14 Å². The van der Waals surface area contributed by atoms with Gasteiger partial charge in [-0.15, -0.1) is 11.3 Å². The fraction of sp³-hybridized carbons (Fsp3) is 0.516. The summed E-state index contributed by atoms with van der Waals surface area (Å²) in [5.41, 5.74) is 4.03. The summed E-state index contributed by atoms with van der Waals surface area (Å²) in [4.78, 5) is 11.7. The van der Waals surface area contributed by atoms with Gasteiger partial charge in [0.15, 0.2) is 0 Å². The third kappa shape index (κ3) is 7.31. The van der Waals surface area contributed by atoms with Crippen molar-refractivity contribution in [2.45, 2.75) is 70.8 Å². The molecule has 0 atom stereocenters. The number of alkyl halides is 3. The van der Waals surface area contributed by atoms with Crippen LogP contribution in [0.25, 0.3) is 21.1 Å². The zero-order valence-electron chi connectivity index (χ0n) is 25.6. The van der Waals surface area contributed by atoms with Crippen LogP contribution < -0.4 is 10.5 Å². The minimum absolute atomic E-state index is 0.156. The number of thiophene rings is 1. The quantitative estimate of drug-likeness (QED) is 0.246. The molecule has 0 amide bonds. The van der Waals surface area contributed by atoms with Crippen LogP contribution in [0.3, 0.4) is 0 Å². The Bertz CT molecular complexity index is 1870. The smallest absolute Gasteiger partial charge is 0.367 e. The highest BCUT2D eigenvalue weighted by Crippen LogP contribution is 2.34. The number of hydrogen-bond donors (Lipinski definition) is 2. The summed E-state index contributed by atoms with van der Waals surface area (Å²) in [6.45, 7) is 6.17. The number of hydrogen-bond acceptors (Lipinski definition) is 8. The first-order valence-corrected chi connectivity index (χ1v) is 17.8. The van der Waals surface area contributed by atoms with Crippen molar-refractivity contribution in [1.29, 1.82) is 5.26 Å². The highest BCUT2D eigenvalue weighted by Gasteiger charge is 2.30. The summed E-state index contributed by atoms with van der Waals surface area (Å²) < 4.78 is 65.5. The second kappa shape index (κ2) is 13.1. The molecule has 0 spiro atoms. The van der Waals surface area contributed by atoms with Gasteiger partial charge in [-0.3, -0.25) is 4.90 Å². The van der Waals surface area contributed by atoms with Crippen molar-refractivity contribution in [3.05, 3.63) is 52.3 Å². The standard InChI is InChI=1S/C31H37F3N8O2S2/c1-20-22(2-3-28-26(20)14-24(17-35)42(28)13-6-21-4-11-41(12-5-21)46(36,43)44)18-40-9-7-23(8-10-40)39-29-27-15-25(16-31(32,33)34)45-30(27)38-19-37-29/h2-3,14-15,19,21,23H,4-13,16,18H2,1H3,(H2,36,43,44)(H,37,38,39). The van der Waals surface area contributed by atoms with Gasteiger partial charge in [0.2, 0.25) is 0 Å². The summed E-state index contributed by atoms with van der Waals surface area (Å²) in [6, 6.07) is 10.3. The molecule has 6 rings (SSSR count). The third-order valence-corrected chi connectivity index (χ3v) is 11.5. The van der Waals surface area contributed by atoms with Crippen molar-refractivity contribution in [2.75, 3.05) is 31.5 Å². The molecule has 4 aromatic rings. The van der Waals surface area contributed by atoms with Crippen LogP contribution in [0.5, 0.6) is 0 Å². The molecule has 0 saturated carbocycles. The van der Waals surface area contributed by atoms with E-state index in [1.807, 2.05) is 6.07 Å². The van der Waals surface area contributed by atoms with E-state index in [0.29, 0.717) is 47.3 Å². The maximum atomic E-state index is 12.9. The molecule has 10 nitrogen and oxygen atoms in total. The van der Waals surface area contributed by atoms with Crippen molar-refractivity contribution in [3.8, 4) is 6.07 Å². The van der Waals surface area contributed by atoms with E-state index in [2.05, 4.69) is 49.9 Å². The number of fused-ring (bicyclic) bond motifs is 2. The summed E-state index contributed by atoms with van der Waals surface area (Å²) in [6.07, 6.45) is 0.290. The Morgan fingerprint density at radius 1 is 1.09 bits per heavy atom. The third-order valence-electron chi connectivity index (χ3n) is 9.35. The minimum atomic E-state index is -4.27. The number of halogens is 3. The van der Waals surface area contributed by atoms with E-state index < -0.39 is 22.8 Å². The van der Waals surface area contributed by atoms with Crippen molar-refractivity contribution in [3.63, 3.8) is 0 Å². The highest BCUT2D eigenvalue weighted by atomic mass is 32.2. The van der Waals surface area contributed by atoms with E-state index in [1.165, 1.54) is 16.2 Å². The van der Waals surface area contributed by atoms with Crippen LogP contribution in [0, 0.1) is 24.2 Å². The Morgan fingerprint density at radius 3 is 2.50 bits per heavy atom. The zero-order valence-corrected chi connectivity index (χ0v) is 27.2. The van der Waals surface area contributed by atoms with Crippen molar-refractivity contribution in [2.24, 2.45) is 11.1 Å². The molecule has 5 heterocycles. The molecule has 0 radical (unpaired) electrons. The number of aromatic nitrogens is 3. The van der Waals surface area contributed by atoms with E-state index in [-0.39, 0.29) is 10.9 Å². The van der Waals surface area contributed by atoms with Gasteiger partial charge in [0.25, 0.3) is 10.2 Å². The van der Waals surface area contributed by atoms with E-state index in [1.54, 1.807) is 6.07 Å². The Kier molecular flexibility index (Phi) is 9.28. The Morgan fingerprint density at radius 2 is 1.83 bits per heavy atom. The van der Waals surface area contributed by atoms with Crippen molar-refractivity contribution < 1.29 is 21.6 Å². The number of aryl methyl sites for hydroxylation is 2. The fourth-order valence-electron chi connectivity index (χ4n) is 6.77. The molecule has 0 bridgehead atoms. The second-order valence-electron chi connectivity index (χ2n) is 12.4. The van der Waals surface area contributed by atoms with Gasteiger partial charge in [-0.25, -0.2) is 15.1 Å². The molecule has 46 heavy (non-hydrogen) atoms. The van der Waals surface area contributed by atoms with Crippen molar-refractivity contribution >= 4 is 48.5 Å². The summed E-state index contributed by atoms with van der Waals surface area (Å²) in [7, 11) is -3.65. The molecule has 3 aromatic heterocycles. The number of nitrogens with one attached hydrogen (secondary N) is 1. The molecule has 2 fully saturated rings. The lowest BCUT2D eigenvalue weighted by Crippen LogP contribution is -2.42. The average molecular weight is 675 g/mol. The number of piperidine rings is 2. The Balaban J connectivity index is 1.07. The molecule has 1 aromatic carbocycles. The number of nitrogens with zero attached hydrogens (tertiary/aromatic N) is 6. The predicted octanol–water partition coefficient (Wildman–Crippen LogP) is 5.31. The van der Waals surface area contributed by atoms with Crippen LogP contribution in [0.4, 0.5) is 19.0 Å². The molecular formula is C31H37F3N8O2S2. The Labute approximate surface area is 270 Å². The highest BCUT2D eigenvalue weighted by molar-refractivity contribution is 7.86. The molecule has 2 saturated heterocycles. The number of likely N-dealkylation sites (tertiary alicyclic amines) is 1. The molecule has 0 aliphatic carbocycles. The number of nitriles is 1. The zero-order chi connectivity index (χ0) is 32.6. The first-order chi connectivity index (χ1) is 21.9. The molecule has 15 heteroatoms. The van der Waals surface area contributed by atoms with Gasteiger partial charge in [-0.2, -0.15) is 31.2 Å². The van der Waals surface area contributed by atoms with Gasteiger partial charge < -0.3 is 9.88 Å². The molecular weight excluding hydrogens is 638 g/mol. The number of nitrogens with two attached hydrogens (primary N) is 1. The van der Waals surface area contributed by atoms with E-state index >= 15 is 0 Å². The summed E-state index contributed by atoms with van der Waals surface area (Å²) in [5, 5.41) is 20.4. The number of benzene rings is 1. The van der Waals surface area contributed by atoms with E-state index in [0.717, 1.165) is 79.5 Å². The molecule has 0 unspecified atom stereocenters. The van der Waals surface area contributed by atoms with Gasteiger partial charge in [-0.05, 0) is 74.3 Å². The first-order valence-electron chi connectivity index (χ1n) is 15.5. The summed E-state index contributed by atoms with van der Waals surface area (Å²) in [5.74, 6) is 0.957. The van der Waals surface area contributed by atoms with E-state index in [9.17, 15) is 26.9 Å². The molecule has 246 valence electrons. The van der Waals surface area contributed by atoms with Gasteiger partial charge in [0.1, 0.15) is 28.7 Å². The van der Waals surface area contributed by atoms with Crippen LogP contribution in [0.1, 0.15) is 53.8 Å². The molecule has 3 N–H and O–H groups in total. The maximum absolute atomic E-state index is 12.9. The lowest BCUT2D eigenvalue weighted by molar-refractivity contribution is -0.126. The minimum Gasteiger partial charge on any atom is -0.367 e. The normalized spacial score (nSPS) is 18.0. The maximum Gasteiger partial charge on any atom is 0.393 e. The number of anilines is 1. The number of rotatable bonds is 9.